The lowest BCUT2D eigenvalue weighted by Crippen LogP contribution is -2.23. The van der Waals surface area contributed by atoms with Gasteiger partial charge in [0.25, 0.3) is 5.91 Å². The van der Waals surface area contributed by atoms with E-state index >= 15 is 0 Å². The van der Waals surface area contributed by atoms with Crippen LogP contribution in [0.5, 0.6) is 0 Å². The molecule has 1 amide bonds. The molecule has 0 saturated heterocycles. The summed E-state index contributed by atoms with van der Waals surface area (Å²) in [6.45, 7) is 0.308. The summed E-state index contributed by atoms with van der Waals surface area (Å²) in [7, 11) is -3.68. The highest BCUT2D eigenvalue weighted by molar-refractivity contribution is 7.89. The molecule has 1 aromatic heterocycles. The standard InChI is InChI=1S/C12H13N3O3S/c13-19(17,18)10-5-3-9(4-6-10)8-15-12(16)11-2-1-7-14-11/h1-7,14H,8H2,(H,15,16)(H2,13,17,18). The van der Waals surface area contributed by atoms with Gasteiger partial charge in [-0.15, -0.1) is 0 Å². The maximum atomic E-state index is 11.6. The number of carbonyl (C=O) groups excluding carboxylic acids is 1. The van der Waals surface area contributed by atoms with E-state index < -0.39 is 10.0 Å². The lowest BCUT2D eigenvalue weighted by Gasteiger charge is -2.05. The summed E-state index contributed by atoms with van der Waals surface area (Å²) in [5.41, 5.74) is 1.26. The number of hydrogen-bond donors (Lipinski definition) is 3. The maximum Gasteiger partial charge on any atom is 0.267 e. The second-order valence-electron chi connectivity index (χ2n) is 3.96. The Labute approximate surface area is 110 Å². The highest BCUT2D eigenvalue weighted by atomic mass is 32.2. The van der Waals surface area contributed by atoms with Crippen molar-refractivity contribution in [2.75, 3.05) is 0 Å². The molecule has 4 N–H and O–H groups in total. The van der Waals surface area contributed by atoms with E-state index in [9.17, 15) is 13.2 Å². The number of benzene rings is 1. The topological polar surface area (TPSA) is 105 Å². The molecular formula is C12H13N3O3S. The summed E-state index contributed by atoms with van der Waals surface area (Å²) in [6, 6.07) is 9.43. The Balaban J connectivity index is 1.99. The molecule has 2 aromatic rings. The van der Waals surface area contributed by atoms with E-state index in [2.05, 4.69) is 10.3 Å². The van der Waals surface area contributed by atoms with Crippen LogP contribution in [0.3, 0.4) is 0 Å². The van der Waals surface area contributed by atoms with Crippen LogP contribution < -0.4 is 10.5 Å². The van der Waals surface area contributed by atoms with Crippen molar-refractivity contribution in [3.63, 3.8) is 0 Å². The first kappa shape index (κ1) is 13.3. The second-order valence-corrected chi connectivity index (χ2v) is 5.52. The Bertz CT molecular complexity index is 661. The zero-order valence-electron chi connectivity index (χ0n) is 9.96. The molecule has 6 nitrogen and oxygen atoms in total. The van der Waals surface area contributed by atoms with Gasteiger partial charge in [0.05, 0.1) is 4.90 Å². The molecule has 1 heterocycles. The predicted molar refractivity (Wildman–Crippen MR) is 69.8 cm³/mol. The van der Waals surface area contributed by atoms with Crippen LogP contribution in [0, 0.1) is 0 Å². The minimum Gasteiger partial charge on any atom is -0.357 e. The average Bonchev–Trinajstić information content (AvgIpc) is 2.89. The fourth-order valence-electron chi connectivity index (χ4n) is 1.55. The number of aromatic nitrogens is 1. The molecule has 0 atom stereocenters. The van der Waals surface area contributed by atoms with Gasteiger partial charge in [-0.3, -0.25) is 4.79 Å². The second kappa shape index (κ2) is 5.25. The first-order valence-corrected chi connectivity index (χ1v) is 7.05. The normalized spacial score (nSPS) is 11.2. The summed E-state index contributed by atoms with van der Waals surface area (Å²) in [4.78, 5) is 14.5. The molecule has 0 radical (unpaired) electrons. The third-order valence-electron chi connectivity index (χ3n) is 2.55. The van der Waals surface area contributed by atoms with Crippen LogP contribution in [0.25, 0.3) is 0 Å². The van der Waals surface area contributed by atoms with Crippen molar-refractivity contribution in [2.24, 2.45) is 5.14 Å². The van der Waals surface area contributed by atoms with Crippen molar-refractivity contribution < 1.29 is 13.2 Å². The van der Waals surface area contributed by atoms with Crippen LogP contribution >= 0.6 is 0 Å². The molecule has 1 aromatic carbocycles. The fourth-order valence-corrected chi connectivity index (χ4v) is 2.06. The molecule has 7 heteroatoms. The van der Waals surface area contributed by atoms with Gasteiger partial charge in [-0.1, -0.05) is 12.1 Å². The van der Waals surface area contributed by atoms with Gasteiger partial charge in [-0.05, 0) is 29.8 Å². The Morgan fingerprint density at radius 1 is 1.21 bits per heavy atom. The minimum atomic E-state index is -3.68. The number of amides is 1. The smallest absolute Gasteiger partial charge is 0.267 e. The van der Waals surface area contributed by atoms with Crippen molar-refractivity contribution in [3.05, 3.63) is 53.9 Å². The predicted octanol–water partition coefficient (Wildman–Crippen LogP) is 0.592. The lowest BCUT2D eigenvalue weighted by molar-refractivity contribution is 0.0946. The zero-order chi connectivity index (χ0) is 13.9. The molecule has 0 saturated carbocycles. The number of hydrogen-bond acceptors (Lipinski definition) is 3. The monoisotopic (exact) mass is 279 g/mol. The van der Waals surface area contributed by atoms with Crippen LogP contribution in [-0.2, 0) is 16.6 Å². The summed E-state index contributed by atoms with van der Waals surface area (Å²) >= 11 is 0. The number of nitrogens with one attached hydrogen (secondary N) is 2. The van der Waals surface area contributed by atoms with Gasteiger partial charge in [0.1, 0.15) is 5.69 Å². The third-order valence-corrected chi connectivity index (χ3v) is 3.48. The molecule has 0 unspecified atom stereocenters. The third kappa shape index (κ3) is 3.43. The lowest BCUT2D eigenvalue weighted by atomic mass is 10.2. The number of rotatable bonds is 4. The Kier molecular flexibility index (Phi) is 3.68. The summed E-state index contributed by atoms with van der Waals surface area (Å²) in [5, 5.41) is 7.70. The van der Waals surface area contributed by atoms with Crippen molar-refractivity contribution in [1.82, 2.24) is 10.3 Å². The summed E-state index contributed by atoms with van der Waals surface area (Å²) in [6.07, 6.45) is 1.66. The molecule has 0 aliphatic heterocycles. The molecular weight excluding hydrogens is 266 g/mol. The molecule has 0 spiro atoms. The van der Waals surface area contributed by atoms with Gasteiger partial charge in [0.2, 0.25) is 10.0 Å². The van der Waals surface area contributed by atoms with Gasteiger partial charge in [-0.2, -0.15) is 0 Å². The van der Waals surface area contributed by atoms with E-state index in [-0.39, 0.29) is 10.8 Å². The molecule has 0 bridgehead atoms. The van der Waals surface area contributed by atoms with Crippen LogP contribution in [-0.4, -0.2) is 19.3 Å². The molecule has 0 aliphatic rings. The van der Waals surface area contributed by atoms with E-state index in [0.29, 0.717) is 12.2 Å². The Morgan fingerprint density at radius 3 is 2.42 bits per heavy atom. The fraction of sp³-hybridized carbons (Fsp3) is 0.0833. The van der Waals surface area contributed by atoms with Gasteiger partial charge in [0, 0.05) is 12.7 Å². The van der Waals surface area contributed by atoms with Gasteiger partial charge in [-0.25, -0.2) is 13.6 Å². The molecule has 0 aliphatic carbocycles. The number of aromatic amines is 1. The average molecular weight is 279 g/mol. The number of sulfonamides is 1. The highest BCUT2D eigenvalue weighted by Gasteiger charge is 2.08. The van der Waals surface area contributed by atoms with Crippen molar-refractivity contribution in [1.29, 1.82) is 0 Å². The van der Waals surface area contributed by atoms with E-state index in [1.807, 2.05) is 0 Å². The number of nitrogens with two attached hydrogens (primary N) is 1. The first-order valence-electron chi connectivity index (χ1n) is 5.50. The van der Waals surface area contributed by atoms with Crippen molar-refractivity contribution >= 4 is 15.9 Å². The van der Waals surface area contributed by atoms with Crippen LogP contribution in [0.1, 0.15) is 16.1 Å². The summed E-state index contributed by atoms with van der Waals surface area (Å²) < 4.78 is 22.1. The molecule has 0 fully saturated rings. The van der Waals surface area contributed by atoms with E-state index in [1.54, 1.807) is 30.5 Å². The number of primary sulfonamides is 1. The quantitative estimate of drug-likeness (QED) is 0.762. The highest BCUT2D eigenvalue weighted by Crippen LogP contribution is 2.08. The molecule has 19 heavy (non-hydrogen) atoms. The number of carbonyl (C=O) groups is 1. The van der Waals surface area contributed by atoms with Gasteiger partial charge < -0.3 is 10.3 Å². The van der Waals surface area contributed by atoms with Crippen LogP contribution in [0.15, 0.2) is 47.5 Å². The molecule has 100 valence electrons. The van der Waals surface area contributed by atoms with E-state index in [1.165, 1.54) is 12.1 Å². The van der Waals surface area contributed by atoms with Crippen molar-refractivity contribution in [2.45, 2.75) is 11.4 Å². The number of H-pyrrole nitrogens is 1. The van der Waals surface area contributed by atoms with Crippen LogP contribution in [0.2, 0.25) is 0 Å². The Morgan fingerprint density at radius 2 is 1.89 bits per heavy atom. The van der Waals surface area contributed by atoms with E-state index in [4.69, 9.17) is 5.14 Å². The van der Waals surface area contributed by atoms with Crippen molar-refractivity contribution in [3.8, 4) is 0 Å². The largest absolute Gasteiger partial charge is 0.357 e. The van der Waals surface area contributed by atoms with Gasteiger partial charge in [0.15, 0.2) is 0 Å². The maximum absolute atomic E-state index is 11.6. The SMILES string of the molecule is NS(=O)(=O)c1ccc(CNC(=O)c2ccc[nH]2)cc1. The van der Waals surface area contributed by atoms with E-state index in [0.717, 1.165) is 5.56 Å². The minimum absolute atomic E-state index is 0.0481. The summed E-state index contributed by atoms with van der Waals surface area (Å²) in [5.74, 6) is -0.222. The van der Waals surface area contributed by atoms with Crippen LogP contribution in [0.4, 0.5) is 0 Å². The zero-order valence-corrected chi connectivity index (χ0v) is 10.8. The first-order chi connectivity index (χ1) is 8.97. The molecule has 2 rings (SSSR count). The Hall–Kier alpha value is -2.12. The van der Waals surface area contributed by atoms with Gasteiger partial charge >= 0.3 is 0 Å².